The summed E-state index contributed by atoms with van der Waals surface area (Å²) in [5.74, 6) is 0.304. The van der Waals surface area contributed by atoms with Gasteiger partial charge in [0.2, 0.25) is 5.91 Å². The number of ether oxygens (including phenoxy) is 1. The molecule has 23 heavy (non-hydrogen) atoms. The average molecular weight is 318 g/mol. The van der Waals surface area contributed by atoms with E-state index in [0.29, 0.717) is 23.0 Å². The first-order valence-corrected chi connectivity index (χ1v) is 7.99. The number of Topliss-reactive ketones (excluding diaryl/α,β-unsaturated/α-hetero) is 1. The molecule has 1 amide bonds. The first-order chi connectivity index (χ1) is 10.9. The van der Waals surface area contributed by atoms with E-state index in [1.165, 1.54) is 6.07 Å². The van der Waals surface area contributed by atoms with Crippen LogP contribution in [0.1, 0.15) is 25.8 Å². The zero-order chi connectivity index (χ0) is 16.6. The predicted molar refractivity (Wildman–Crippen MR) is 85.8 cm³/mol. The fourth-order valence-electron chi connectivity index (χ4n) is 3.13. The van der Waals surface area contributed by atoms with Gasteiger partial charge in [-0.05, 0) is 26.8 Å². The highest BCUT2D eigenvalue weighted by Gasteiger charge is 2.30. The Morgan fingerprint density at radius 3 is 2.91 bits per heavy atom. The Morgan fingerprint density at radius 1 is 1.43 bits per heavy atom. The Bertz CT molecular complexity index is 642. The fourth-order valence-corrected chi connectivity index (χ4v) is 3.13. The van der Waals surface area contributed by atoms with Gasteiger partial charge in [0.25, 0.3) is 0 Å². The molecule has 1 atom stereocenters. The number of phenolic OH excluding ortho intramolecular Hbond substituents is 1. The van der Waals surface area contributed by atoms with Gasteiger partial charge in [-0.2, -0.15) is 0 Å². The van der Waals surface area contributed by atoms with Crippen molar-refractivity contribution in [3.63, 3.8) is 0 Å². The van der Waals surface area contributed by atoms with Crippen molar-refractivity contribution in [2.45, 2.75) is 32.7 Å². The minimum atomic E-state index is -0.0654. The van der Waals surface area contributed by atoms with E-state index < -0.39 is 0 Å². The topological polar surface area (TPSA) is 78.9 Å². The number of carbonyl (C=O) groups excluding carboxylic acids is 2. The van der Waals surface area contributed by atoms with E-state index >= 15 is 0 Å². The summed E-state index contributed by atoms with van der Waals surface area (Å²) in [6, 6.07) is 3.59. The lowest BCUT2D eigenvalue weighted by molar-refractivity contribution is -0.121. The quantitative estimate of drug-likeness (QED) is 0.884. The van der Waals surface area contributed by atoms with Gasteiger partial charge in [0, 0.05) is 42.4 Å². The predicted octanol–water partition coefficient (Wildman–Crippen LogP) is 1.56. The van der Waals surface area contributed by atoms with E-state index in [9.17, 15) is 14.7 Å². The summed E-state index contributed by atoms with van der Waals surface area (Å²) < 4.78 is 5.34. The van der Waals surface area contributed by atoms with Crippen molar-refractivity contribution < 1.29 is 19.4 Å². The van der Waals surface area contributed by atoms with Crippen LogP contribution in [-0.2, 0) is 16.0 Å². The van der Waals surface area contributed by atoms with Crippen LogP contribution in [0.2, 0.25) is 0 Å². The molecular formula is C17H22N2O4. The molecule has 0 aromatic heterocycles. The first kappa shape index (κ1) is 15.8. The summed E-state index contributed by atoms with van der Waals surface area (Å²) in [6.45, 7) is 5.94. The SMILES string of the molecule is CC(C)N1CCC(C(=O)Nc2cc(O)c3c(c2)OCC(=O)C3)C1. The maximum atomic E-state index is 12.4. The Kier molecular flexibility index (Phi) is 4.26. The molecule has 1 aromatic carbocycles. The molecule has 0 radical (unpaired) electrons. The van der Waals surface area contributed by atoms with Crippen LogP contribution < -0.4 is 10.1 Å². The molecule has 1 fully saturated rings. The molecule has 2 aliphatic rings. The molecular weight excluding hydrogens is 296 g/mol. The van der Waals surface area contributed by atoms with Crippen LogP contribution in [0.3, 0.4) is 0 Å². The number of anilines is 1. The second kappa shape index (κ2) is 6.20. The summed E-state index contributed by atoms with van der Waals surface area (Å²) in [6.07, 6.45) is 1.01. The van der Waals surface area contributed by atoms with E-state index in [1.54, 1.807) is 6.07 Å². The third-order valence-corrected chi connectivity index (χ3v) is 4.54. The molecule has 2 N–H and O–H groups in total. The molecule has 0 aliphatic carbocycles. The van der Waals surface area contributed by atoms with E-state index in [-0.39, 0.29) is 36.4 Å². The second-order valence-electron chi connectivity index (χ2n) is 6.54. The Balaban J connectivity index is 1.70. The number of hydrogen-bond donors (Lipinski definition) is 2. The number of carbonyl (C=O) groups is 2. The number of hydrogen-bond acceptors (Lipinski definition) is 5. The highest BCUT2D eigenvalue weighted by atomic mass is 16.5. The molecule has 124 valence electrons. The lowest BCUT2D eigenvalue weighted by Gasteiger charge is -2.21. The van der Waals surface area contributed by atoms with Crippen LogP contribution >= 0.6 is 0 Å². The van der Waals surface area contributed by atoms with Crippen molar-refractivity contribution in [2.24, 2.45) is 5.92 Å². The number of rotatable bonds is 3. The highest BCUT2D eigenvalue weighted by molar-refractivity contribution is 5.94. The first-order valence-electron chi connectivity index (χ1n) is 7.99. The van der Waals surface area contributed by atoms with Crippen LogP contribution in [0, 0.1) is 5.92 Å². The molecule has 0 bridgehead atoms. The number of amides is 1. The van der Waals surface area contributed by atoms with Crippen LogP contribution in [0.15, 0.2) is 12.1 Å². The maximum absolute atomic E-state index is 12.4. The molecule has 3 rings (SSSR count). The molecule has 0 spiro atoms. The van der Waals surface area contributed by atoms with Gasteiger partial charge in [0.1, 0.15) is 18.1 Å². The van der Waals surface area contributed by atoms with E-state index in [0.717, 1.165) is 19.5 Å². The van der Waals surface area contributed by atoms with Gasteiger partial charge in [-0.3, -0.25) is 9.59 Å². The monoisotopic (exact) mass is 318 g/mol. The van der Waals surface area contributed by atoms with Gasteiger partial charge < -0.3 is 20.1 Å². The number of aromatic hydroxyl groups is 1. The molecule has 2 heterocycles. The lowest BCUT2D eigenvalue weighted by atomic mass is 10.0. The number of benzene rings is 1. The van der Waals surface area contributed by atoms with Crippen molar-refractivity contribution >= 4 is 17.4 Å². The largest absolute Gasteiger partial charge is 0.507 e. The molecule has 2 aliphatic heterocycles. The standard InChI is InChI=1S/C17H22N2O4/c1-10(2)19-4-3-11(8-19)17(22)18-12-5-15(21)14-7-13(20)9-23-16(14)6-12/h5-6,10-11,21H,3-4,7-9H2,1-2H3,(H,18,22). The number of fused-ring (bicyclic) bond motifs is 1. The van der Waals surface area contributed by atoms with Crippen molar-refractivity contribution in [1.29, 1.82) is 0 Å². The number of phenols is 1. The van der Waals surface area contributed by atoms with Gasteiger partial charge in [-0.1, -0.05) is 0 Å². The summed E-state index contributed by atoms with van der Waals surface area (Å²) in [7, 11) is 0. The molecule has 1 saturated heterocycles. The van der Waals surface area contributed by atoms with Gasteiger partial charge in [0.15, 0.2) is 5.78 Å². The zero-order valence-electron chi connectivity index (χ0n) is 13.5. The minimum absolute atomic E-state index is 0.00974. The van der Waals surface area contributed by atoms with Crippen molar-refractivity contribution in [3.8, 4) is 11.5 Å². The van der Waals surface area contributed by atoms with Crippen molar-refractivity contribution in [1.82, 2.24) is 4.90 Å². The summed E-state index contributed by atoms with van der Waals surface area (Å²) >= 11 is 0. The van der Waals surface area contributed by atoms with E-state index in [4.69, 9.17) is 4.74 Å². The van der Waals surface area contributed by atoms with Crippen LogP contribution in [0.5, 0.6) is 11.5 Å². The molecule has 0 saturated carbocycles. The van der Waals surface area contributed by atoms with Gasteiger partial charge in [-0.25, -0.2) is 0 Å². The van der Waals surface area contributed by atoms with Gasteiger partial charge >= 0.3 is 0 Å². The third kappa shape index (κ3) is 3.32. The highest BCUT2D eigenvalue weighted by Crippen LogP contribution is 2.35. The minimum Gasteiger partial charge on any atom is -0.507 e. The van der Waals surface area contributed by atoms with E-state index in [1.807, 2.05) is 0 Å². The smallest absolute Gasteiger partial charge is 0.228 e. The lowest BCUT2D eigenvalue weighted by Crippen LogP contribution is -2.31. The van der Waals surface area contributed by atoms with Crippen LogP contribution in [0.4, 0.5) is 5.69 Å². The summed E-state index contributed by atoms with van der Waals surface area (Å²) in [5, 5.41) is 12.9. The average Bonchev–Trinajstić information content (AvgIpc) is 2.98. The zero-order valence-corrected chi connectivity index (χ0v) is 13.5. The number of likely N-dealkylation sites (tertiary alicyclic amines) is 1. The van der Waals surface area contributed by atoms with Gasteiger partial charge in [-0.15, -0.1) is 0 Å². The van der Waals surface area contributed by atoms with Crippen LogP contribution in [0.25, 0.3) is 0 Å². The van der Waals surface area contributed by atoms with Crippen molar-refractivity contribution in [3.05, 3.63) is 17.7 Å². The number of nitrogens with zero attached hydrogens (tertiary/aromatic N) is 1. The molecule has 6 nitrogen and oxygen atoms in total. The third-order valence-electron chi connectivity index (χ3n) is 4.54. The Morgan fingerprint density at radius 2 is 2.22 bits per heavy atom. The Labute approximate surface area is 135 Å². The summed E-state index contributed by atoms with van der Waals surface area (Å²) in [4.78, 5) is 26.1. The summed E-state index contributed by atoms with van der Waals surface area (Å²) in [5.41, 5.74) is 0.995. The fraction of sp³-hybridized carbons (Fsp3) is 0.529. The number of ketones is 1. The van der Waals surface area contributed by atoms with Gasteiger partial charge in [0.05, 0.1) is 5.92 Å². The number of nitrogens with one attached hydrogen (secondary N) is 1. The molecule has 6 heteroatoms. The Hall–Kier alpha value is -2.08. The maximum Gasteiger partial charge on any atom is 0.228 e. The molecule has 1 aromatic rings. The van der Waals surface area contributed by atoms with E-state index in [2.05, 4.69) is 24.1 Å². The van der Waals surface area contributed by atoms with Crippen LogP contribution in [-0.4, -0.2) is 47.4 Å². The second-order valence-corrected chi connectivity index (χ2v) is 6.54. The van der Waals surface area contributed by atoms with Crippen molar-refractivity contribution in [2.75, 3.05) is 25.0 Å². The molecule has 1 unspecified atom stereocenters. The normalized spacial score (nSPS) is 21.2.